The molecule has 0 saturated carbocycles. The molecule has 1 heterocycles. The summed E-state index contributed by atoms with van der Waals surface area (Å²) in [6, 6.07) is 19.0. The monoisotopic (exact) mass is 383 g/mol. The van der Waals surface area contributed by atoms with E-state index in [1.165, 1.54) is 17.7 Å². The molecule has 3 rings (SSSR count). The molecule has 1 unspecified atom stereocenters. The summed E-state index contributed by atoms with van der Waals surface area (Å²) >= 11 is 0. The molecular formula is C21H25N3O2S. The van der Waals surface area contributed by atoms with Crippen LogP contribution in [0.4, 0.5) is 0 Å². The van der Waals surface area contributed by atoms with Gasteiger partial charge in [0.2, 0.25) is 10.0 Å². The summed E-state index contributed by atoms with van der Waals surface area (Å²) in [5.41, 5.74) is 1.80. The summed E-state index contributed by atoms with van der Waals surface area (Å²) in [5, 5.41) is 8.86. The van der Waals surface area contributed by atoms with Crippen molar-refractivity contribution >= 4 is 10.0 Å². The molecule has 1 aliphatic heterocycles. The minimum Gasteiger partial charge on any atom is -0.298 e. The van der Waals surface area contributed by atoms with Crippen molar-refractivity contribution in [2.45, 2.75) is 30.7 Å². The Bertz CT molecular complexity index is 881. The highest BCUT2D eigenvalue weighted by Crippen LogP contribution is 2.20. The van der Waals surface area contributed by atoms with Crippen LogP contribution in [0.2, 0.25) is 0 Å². The molecule has 0 radical (unpaired) electrons. The summed E-state index contributed by atoms with van der Waals surface area (Å²) < 4.78 is 27.1. The van der Waals surface area contributed by atoms with E-state index in [1.807, 2.05) is 12.1 Å². The minimum absolute atomic E-state index is 0.257. The largest absolute Gasteiger partial charge is 0.298 e. The number of nitriles is 1. The van der Waals surface area contributed by atoms with Gasteiger partial charge in [0, 0.05) is 32.2 Å². The third-order valence-electron chi connectivity index (χ3n) is 5.21. The molecule has 2 aromatic carbocycles. The lowest BCUT2D eigenvalue weighted by Gasteiger charge is -2.37. The highest BCUT2D eigenvalue weighted by molar-refractivity contribution is 7.89. The molecular weight excluding hydrogens is 358 g/mol. The average molecular weight is 384 g/mol. The third kappa shape index (κ3) is 4.75. The van der Waals surface area contributed by atoms with Crippen molar-refractivity contribution in [3.8, 4) is 6.07 Å². The minimum atomic E-state index is -3.49. The molecule has 5 nitrogen and oxygen atoms in total. The highest BCUT2D eigenvalue weighted by atomic mass is 32.2. The molecule has 1 fully saturated rings. The van der Waals surface area contributed by atoms with Gasteiger partial charge in [0.15, 0.2) is 0 Å². The van der Waals surface area contributed by atoms with Crippen molar-refractivity contribution in [1.29, 1.82) is 5.26 Å². The molecule has 2 aromatic rings. The number of sulfonamides is 1. The van der Waals surface area contributed by atoms with Gasteiger partial charge in [-0.15, -0.1) is 0 Å². The molecule has 142 valence electrons. The summed E-state index contributed by atoms with van der Waals surface area (Å²) in [4.78, 5) is 2.63. The second-order valence-electron chi connectivity index (χ2n) is 6.95. The Morgan fingerprint density at radius 1 is 1.00 bits per heavy atom. The van der Waals surface area contributed by atoms with Gasteiger partial charge in [-0.1, -0.05) is 30.3 Å². The van der Waals surface area contributed by atoms with E-state index < -0.39 is 10.0 Å². The molecule has 0 aromatic heterocycles. The lowest BCUT2D eigenvalue weighted by molar-refractivity contribution is 0.140. The summed E-state index contributed by atoms with van der Waals surface area (Å²) in [6.45, 7) is 4.70. The Balaban J connectivity index is 1.55. The van der Waals surface area contributed by atoms with Crippen molar-refractivity contribution < 1.29 is 8.42 Å². The molecule has 1 aliphatic rings. The zero-order chi connectivity index (χ0) is 19.3. The lowest BCUT2D eigenvalue weighted by Crippen LogP contribution is -2.51. The normalized spacial score (nSPS) is 17.3. The fraction of sp³-hybridized carbons (Fsp3) is 0.381. The van der Waals surface area contributed by atoms with Gasteiger partial charge < -0.3 is 0 Å². The zero-order valence-electron chi connectivity index (χ0n) is 15.6. The maximum atomic E-state index is 12.8. The number of hydrogen-bond donors (Lipinski definition) is 0. The van der Waals surface area contributed by atoms with Gasteiger partial charge >= 0.3 is 0 Å². The molecule has 0 aliphatic carbocycles. The Labute approximate surface area is 161 Å². The topological polar surface area (TPSA) is 64.4 Å². The van der Waals surface area contributed by atoms with E-state index >= 15 is 0 Å². The Kier molecular flexibility index (Phi) is 6.27. The first-order valence-electron chi connectivity index (χ1n) is 9.29. The molecule has 0 amide bonds. The molecule has 0 N–H and O–H groups in total. The van der Waals surface area contributed by atoms with Gasteiger partial charge in [-0.3, -0.25) is 4.90 Å². The Hall–Kier alpha value is -2.20. The summed E-state index contributed by atoms with van der Waals surface area (Å²) in [7, 11) is -3.49. The van der Waals surface area contributed by atoms with Crippen LogP contribution in [0, 0.1) is 11.3 Å². The SMILES string of the molecule is CC(CCc1ccccc1)N1CCN(S(=O)(=O)c2ccc(C#N)cc2)CC1. The average Bonchev–Trinajstić information content (AvgIpc) is 2.73. The number of piperazine rings is 1. The second-order valence-corrected chi connectivity index (χ2v) is 8.89. The van der Waals surface area contributed by atoms with Gasteiger partial charge in [-0.25, -0.2) is 8.42 Å². The predicted molar refractivity (Wildman–Crippen MR) is 106 cm³/mol. The second kappa shape index (κ2) is 8.66. The molecule has 27 heavy (non-hydrogen) atoms. The number of benzene rings is 2. The van der Waals surface area contributed by atoms with Crippen LogP contribution in [0.1, 0.15) is 24.5 Å². The van der Waals surface area contributed by atoms with Crippen LogP contribution in [0.5, 0.6) is 0 Å². The molecule has 1 atom stereocenters. The molecule has 0 spiro atoms. The van der Waals surface area contributed by atoms with E-state index in [4.69, 9.17) is 5.26 Å². The number of aryl methyl sites for hydroxylation is 1. The maximum Gasteiger partial charge on any atom is 0.243 e. The van der Waals surface area contributed by atoms with E-state index in [0.717, 1.165) is 25.9 Å². The smallest absolute Gasteiger partial charge is 0.243 e. The first-order valence-corrected chi connectivity index (χ1v) is 10.7. The van der Waals surface area contributed by atoms with Crippen LogP contribution in [-0.4, -0.2) is 49.8 Å². The van der Waals surface area contributed by atoms with Crippen LogP contribution in [0.3, 0.4) is 0 Å². The van der Waals surface area contributed by atoms with Crippen LogP contribution >= 0.6 is 0 Å². The van der Waals surface area contributed by atoms with Crippen LogP contribution in [0.25, 0.3) is 0 Å². The molecule has 0 bridgehead atoms. The van der Waals surface area contributed by atoms with Crippen molar-refractivity contribution in [2.24, 2.45) is 0 Å². The first kappa shape index (κ1) is 19.6. The summed E-state index contributed by atoms with van der Waals surface area (Å²) in [6.07, 6.45) is 2.10. The molecule has 6 heteroatoms. The predicted octanol–water partition coefficient (Wildman–Crippen LogP) is 2.89. The Morgan fingerprint density at radius 3 is 2.22 bits per heavy atom. The number of rotatable bonds is 6. The van der Waals surface area contributed by atoms with E-state index in [2.05, 4.69) is 36.1 Å². The number of nitrogens with zero attached hydrogens (tertiary/aromatic N) is 3. The standard InChI is InChI=1S/C21H25N3O2S/c1-18(7-8-19-5-3-2-4-6-19)23-13-15-24(16-14-23)27(25,26)21-11-9-20(17-22)10-12-21/h2-6,9-12,18H,7-8,13-16H2,1H3. The van der Waals surface area contributed by atoms with Gasteiger partial charge in [-0.2, -0.15) is 9.57 Å². The fourth-order valence-corrected chi connectivity index (χ4v) is 4.86. The van der Waals surface area contributed by atoms with Crippen molar-refractivity contribution in [3.63, 3.8) is 0 Å². The quantitative estimate of drug-likeness (QED) is 0.769. The van der Waals surface area contributed by atoms with E-state index in [1.54, 1.807) is 16.4 Å². The zero-order valence-corrected chi connectivity index (χ0v) is 16.4. The van der Waals surface area contributed by atoms with Gasteiger partial charge in [-0.05, 0) is 49.6 Å². The van der Waals surface area contributed by atoms with Crippen LogP contribution in [0.15, 0.2) is 59.5 Å². The third-order valence-corrected chi connectivity index (χ3v) is 7.12. The summed E-state index contributed by atoms with van der Waals surface area (Å²) in [5.74, 6) is 0. The molecule has 1 saturated heterocycles. The Morgan fingerprint density at radius 2 is 1.63 bits per heavy atom. The van der Waals surface area contributed by atoms with Gasteiger partial charge in [0.05, 0.1) is 16.5 Å². The highest BCUT2D eigenvalue weighted by Gasteiger charge is 2.29. The van der Waals surface area contributed by atoms with E-state index in [-0.39, 0.29) is 4.90 Å². The number of hydrogen-bond acceptors (Lipinski definition) is 4. The first-order chi connectivity index (χ1) is 13.0. The van der Waals surface area contributed by atoms with E-state index in [9.17, 15) is 8.42 Å². The van der Waals surface area contributed by atoms with E-state index in [0.29, 0.717) is 24.7 Å². The maximum absolute atomic E-state index is 12.8. The van der Waals surface area contributed by atoms with Crippen molar-refractivity contribution in [1.82, 2.24) is 9.21 Å². The van der Waals surface area contributed by atoms with Gasteiger partial charge in [0.25, 0.3) is 0 Å². The fourth-order valence-electron chi connectivity index (χ4n) is 3.44. The lowest BCUT2D eigenvalue weighted by atomic mass is 10.0. The van der Waals surface area contributed by atoms with Gasteiger partial charge in [0.1, 0.15) is 0 Å². The van der Waals surface area contributed by atoms with Crippen molar-refractivity contribution in [2.75, 3.05) is 26.2 Å². The van der Waals surface area contributed by atoms with Crippen LogP contribution in [-0.2, 0) is 16.4 Å². The van der Waals surface area contributed by atoms with Crippen molar-refractivity contribution in [3.05, 3.63) is 65.7 Å². The van der Waals surface area contributed by atoms with Crippen LogP contribution < -0.4 is 0 Å².